The Morgan fingerprint density at radius 3 is 2.80 bits per heavy atom. The number of ether oxygens (including phenoxy) is 1. The van der Waals surface area contributed by atoms with E-state index in [2.05, 4.69) is 15.6 Å². The summed E-state index contributed by atoms with van der Waals surface area (Å²) < 4.78 is 32.9. The van der Waals surface area contributed by atoms with Crippen LogP contribution in [0, 0.1) is 0 Å². The number of carbonyl (C=O) groups excluding carboxylic acids is 1. The molecule has 4 aromatic rings. The highest BCUT2D eigenvalue weighted by molar-refractivity contribution is 7.92. The fourth-order valence-corrected chi connectivity index (χ4v) is 4.61. The minimum atomic E-state index is -3.45. The molecule has 0 unspecified atom stereocenters. The van der Waals surface area contributed by atoms with Gasteiger partial charge in [0.25, 0.3) is 0 Å². The number of nitrogens with zero attached hydrogens (tertiary/aromatic N) is 4. The molecule has 1 aliphatic heterocycles. The average Bonchev–Trinajstić information content (AvgIpc) is 3.39. The fourth-order valence-electron chi connectivity index (χ4n) is 4.08. The molecule has 10 nitrogen and oxygen atoms in total. The molecule has 0 fully saturated rings. The molecule has 0 saturated carbocycles. The Morgan fingerprint density at radius 1 is 1.20 bits per heavy atom. The van der Waals surface area contributed by atoms with Gasteiger partial charge in [0.2, 0.25) is 21.9 Å². The lowest BCUT2D eigenvalue weighted by Crippen LogP contribution is -2.26. The van der Waals surface area contributed by atoms with Crippen LogP contribution in [-0.2, 0) is 27.8 Å². The Balaban J connectivity index is 1.47. The predicted octanol–water partition coefficient (Wildman–Crippen LogP) is 3.12. The molecule has 0 spiro atoms. The van der Waals surface area contributed by atoms with Crippen LogP contribution in [0.4, 0.5) is 23.0 Å². The summed E-state index contributed by atoms with van der Waals surface area (Å²) in [5.41, 5.74) is 4.53. The molecule has 0 aliphatic carbocycles. The summed E-state index contributed by atoms with van der Waals surface area (Å²) in [6, 6.07) is 12.8. The van der Waals surface area contributed by atoms with Gasteiger partial charge in [0.1, 0.15) is 11.4 Å². The lowest BCUT2D eigenvalue weighted by molar-refractivity contribution is -0.115. The van der Waals surface area contributed by atoms with E-state index in [0.717, 1.165) is 27.9 Å². The molecule has 0 radical (unpaired) electrons. The van der Waals surface area contributed by atoms with Gasteiger partial charge in [-0.1, -0.05) is 0 Å². The average molecular weight is 493 g/mol. The Morgan fingerprint density at radius 2 is 2.03 bits per heavy atom. The van der Waals surface area contributed by atoms with Gasteiger partial charge in [-0.15, -0.1) is 0 Å². The number of methoxy groups -OCH3 is 1. The summed E-state index contributed by atoms with van der Waals surface area (Å²) in [5.74, 6) is 1.02. The third kappa shape index (κ3) is 4.50. The van der Waals surface area contributed by atoms with Gasteiger partial charge in [-0.3, -0.25) is 9.10 Å². The lowest BCUT2D eigenvalue weighted by Gasteiger charge is -2.21. The van der Waals surface area contributed by atoms with Crippen LogP contribution in [-0.4, -0.2) is 49.3 Å². The van der Waals surface area contributed by atoms with Crippen molar-refractivity contribution in [1.82, 2.24) is 14.5 Å². The minimum absolute atomic E-state index is 0.0222. The first-order valence-corrected chi connectivity index (χ1v) is 12.7. The molecule has 5 rings (SSSR count). The molecule has 0 bridgehead atoms. The van der Waals surface area contributed by atoms with Crippen LogP contribution in [0.1, 0.15) is 11.1 Å². The number of fused-ring (bicyclic) bond motifs is 2. The van der Waals surface area contributed by atoms with Crippen LogP contribution >= 0.6 is 0 Å². The summed E-state index contributed by atoms with van der Waals surface area (Å²) in [7, 11) is -0.351. The van der Waals surface area contributed by atoms with E-state index in [0.29, 0.717) is 36.0 Å². The van der Waals surface area contributed by atoms with Crippen molar-refractivity contribution in [2.75, 3.05) is 35.4 Å². The van der Waals surface area contributed by atoms with Crippen molar-refractivity contribution in [2.24, 2.45) is 0 Å². The third-order valence-electron chi connectivity index (χ3n) is 5.95. The van der Waals surface area contributed by atoms with Crippen LogP contribution in [0.2, 0.25) is 0 Å². The summed E-state index contributed by atoms with van der Waals surface area (Å²) in [6.07, 6.45) is 5.13. The maximum absolute atomic E-state index is 12.2. The van der Waals surface area contributed by atoms with E-state index in [4.69, 9.17) is 9.72 Å². The molecule has 1 amide bonds. The molecule has 2 aromatic heterocycles. The van der Waals surface area contributed by atoms with Crippen molar-refractivity contribution >= 4 is 50.0 Å². The number of hydrogen-bond acceptors (Lipinski definition) is 7. The zero-order valence-electron chi connectivity index (χ0n) is 19.4. The van der Waals surface area contributed by atoms with Crippen LogP contribution < -0.4 is 19.7 Å². The Kier molecular flexibility index (Phi) is 5.56. The van der Waals surface area contributed by atoms with E-state index in [1.165, 1.54) is 17.6 Å². The normalized spacial score (nSPS) is 12.9. The van der Waals surface area contributed by atoms with E-state index in [1.54, 1.807) is 25.4 Å². The third-order valence-corrected chi connectivity index (χ3v) is 7.14. The highest BCUT2D eigenvalue weighted by atomic mass is 32.2. The van der Waals surface area contributed by atoms with Crippen molar-refractivity contribution in [1.29, 1.82) is 0 Å². The molecular weight excluding hydrogens is 468 g/mol. The largest absolute Gasteiger partial charge is 0.497 e. The van der Waals surface area contributed by atoms with Gasteiger partial charge in [0, 0.05) is 36.2 Å². The molecule has 0 saturated heterocycles. The van der Waals surface area contributed by atoms with Crippen LogP contribution in [0.15, 0.2) is 54.9 Å². The van der Waals surface area contributed by atoms with E-state index in [9.17, 15) is 13.2 Å². The van der Waals surface area contributed by atoms with Gasteiger partial charge in [-0.2, -0.15) is 4.98 Å². The monoisotopic (exact) mass is 492 g/mol. The number of sulfonamides is 1. The second kappa shape index (κ2) is 8.58. The number of anilines is 4. The predicted molar refractivity (Wildman–Crippen MR) is 135 cm³/mol. The first-order valence-electron chi connectivity index (χ1n) is 10.8. The molecule has 180 valence electrons. The van der Waals surface area contributed by atoms with Gasteiger partial charge < -0.3 is 19.9 Å². The van der Waals surface area contributed by atoms with E-state index >= 15 is 0 Å². The van der Waals surface area contributed by atoms with Gasteiger partial charge >= 0.3 is 0 Å². The van der Waals surface area contributed by atoms with E-state index < -0.39 is 10.0 Å². The maximum atomic E-state index is 12.2. The number of rotatable bonds is 7. The number of carbonyl (C=O) groups is 1. The summed E-state index contributed by atoms with van der Waals surface area (Å²) >= 11 is 0. The second-order valence-electron chi connectivity index (χ2n) is 8.36. The van der Waals surface area contributed by atoms with Gasteiger partial charge in [-0.25, -0.2) is 13.4 Å². The summed E-state index contributed by atoms with van der Waals surface area (Å²) in [4.78, 5) is 20.7. The topological polar surface area (TPSA) is 118 Å². The number of hydrogen-bond donors (Lipinski definition) is 2. The molecule has 0 atom stereocenters. The Labute approximate surface area is 202 Å². The van der Waals surface area contributed by atoms with E-state index in [1.807, 2.05) is 41.1 Å². The molecule has 1 aliphatic rings. The van der Waals surface area contributed by atoms with Crippen molar-refractivity contribution in [2.45, 2.75) is 13.0 Å². The highest BCUT2D eigenvalue weighted by Crippen LogP contribution is 2.29. The minimum Gasteiger partial charge on any atom is -0.497 e. The van der Waals surface area contributed by atoms with Crippen molar-refractivity contribution in [3.8, 4) is 5.75 Å². The maximum Gasteiger partial charge on any atom is 0.232 e. The van der Waals surface area contributed by atoms with Crippen LogP contribution in [0.25, 0.3) is 11.0 Å². The van der Waals surface area contributed by atoms with Crippen molar-refractivity contribution < 1.29 is 17.9 Å². The first kappa shape index (κ1) is 22.7. The fraction of sp³-hybridized carbons (Fsp3) is 0.208. The molecular formula is C24H24N6O4S. The van der Waals surface area contributed by atoms with Gasteiger partial charge in [0.15, 0.2) is 0 Å². The Hall–Kier alpha value is -4.12. The van der Waals surface area contributed by atoms with E-state index in [-0.39, 0.29) is 5.91 Å². The summed E-state index contributed by atoms with van der Waals surface area (Å²) in [6.45, 7) is 0.374. The lowest BCUT2D eigenvalue weighted by atomic mass is 10.1. The zero-order chi connectivity index (χ0) is 24.7. The first-order chi connectivity index (χ1) is 16.7. The molecule has 11 heteroatoms. The zero-order valence-corrected chi connectivity index (χ0v) is 20.3. The van der Waals surface area contributed by atoms with Crippen LogP contribution in [0.3, 0.4) is 0 Å². The quantitative estimate of drug-likeness (QED) is 0.407. The standard InChI is InChI=1S/C24H24N6O4S/c1-29(35(3,32)33)21-7-5-19(34-2)11-17(21)14-30-9-8-15-13-25-24(28-23(15)30)26-18-4-6-20-16(10-18)12-22(31)27-20/h4-11,13H,12,14H2,1-3H3,(H,27,31)(H,25,26,28). The number of benzene rings is 2. The summed E-state index contributed by atoms with van der Waals surface area (Å²) in [5, 5.41) is 6.87. The van der Waals surface area contributed by atoms with Crippen molar-refractivity contribution in [3.05, 3.63) is 66.0 Å². The molecule has 2 aromatic carbocycles. The number of aromatic nitrogens is 3. The number of amides is 1. The highest BCUT2D eigenvalue weighted by Gasteiger charge is 2.19. The Bertz CT molecular complexity index is 1560. The second-order valence-corrected chi connectivity index (χ2v) is 10.4. The van der Waals surface area contributed by atoms with Crippen LogP contribution in [0.5, 0.6) is 5.75 Å². The number of nitrogens with one attached hydrogen (secondary N) is 2. The molecule has 2 N–H and O–H groups in total. The van der Waals surface area contributed by atoms with Gasteiger partial charge in [0.05, 0.1) is 32.0 Å². The molecule has 3 heterocycles. The van der Waals surface area contributed by atoms with Crippen molar-refractivity contribution in [3.63, 3.8) is 0 Å². The van der Waals surface area contributed by atoms with Gasteiger partial charge in [-0.05, 0) is 53.6 Å². The smallest absolute Gasteiger partial charge is 0.232 e. The molecule has 35 heavy (non-hydrogen) atoms. The SMILES string of the molecule is COc1ccc(N(C)S(C)(=O)=O)c(Cn2ccc3cnc(Nc4ccc5c(c4)CC(=O)N5)nc32)c1.